The fourth-order valence-corrected chi connectivity index (χ4v) is 4.04. The number of rotatable bonds is 5. The summed E-state index contributed by atoms with van der Waals surface area (Å²) in [6.07, 6.45) is 1.82. The van der Waals surface area contributed by atoms with Gasteiger partial charge in [-0.3, -0.25) is 4.99 Å². The Kier molecular flexibility index (Phi) is 5.79. The minimum absolute atomic E-state index is 0.149. The molecular formula is C29H21ClN2O. The number of phenolic OH excluding ortho intramolecular Hbond substituents is 1. The highest BCUT2D eigenvalue weighted by molar-refractivity contribution is 6.30. The van der Waals surface area contributed by atoms with Crippen molar-refractivity contribution < 1.29 is 5.11 Å². The average Bonchev–Trinajstić information content (AvgIpc) is 3.24. The molecule has 33 heavy (non-hydrogen) atoms. The largest absolute Gasteiger partial charge is 0.506 e. The summed E-state index contributed by atoms with van der Waals surface area (Å²) in [4.78, 5) is 4.61. The number of para-hydroxylation sites is 2. The molecule has 3 nitrogen and oxygen atoms in total. The van der Waals surface area contributed by atoms with Crippen LogP contribution in [0.1, 0.15) is 5.56 Å². The summed E-state index contributed by atoms with van der Waals surface area (Å²) in [6.45, 7) is 0. The molecule has 0 aliphatic heterocycles. The molecule has 0 bridgehead atoms. The van der Waals surface area contributed by atoms with Crippen LogP contribution in [-0.4, -0.2) is 15.9 Å². The first-order valence-corrected chi connectivity index (χ1v) is 11.0. The van der Waals surface area contributed by atoms with Gasteiger partial charge < -0.3 is 9.67 Å². The molecule has 0 amide bonds. The van der Waals surface area contributed by atoms with Crippen molar-refractivity contribution in [2.75, 3.05) is 0 Å². The van der Waals surface area contributed by atoms with E-state index in [1.807, 2.05) is 72.9 Å². The molecular weight excluding hydrogens is 428 g/mol. The summed E-state index contributed by atoms with van der Waals surface area (Å²) in [5, 5.41) is 10.9. The zero-order valence-corrected chi connectivity index (χ0v) is 18.5. The van der Waals surface area contributed by atoms with Crippen molar-refractivity contribution in [1.29, 1.82) is 0 Å². The second-order valence-corrected chi connectivity index (χ2v) is 8.06. The van der Waals surface area contributed by atoms with Gasteiger partial charge in [-0.15, -0.1) is 0 Å². The minimum atomic E-state index is 0.149. The molecule has 5 rings (SSSR count). The monoisotopic (exact) mass is 448 g/mol. The van der Waals surface area contributed by atoms with Crippen LogP contribution in [0.4, 0.5) is 5.69 Å². The molecule has 0 spiro atoms. The van der Waals surface area contributed by atoms with E-state index in [4.69, 9.17) is 11.6 Å². The number of hydrogen-bond donors (Lipinski definition) is 1. The van der Waals surface area contributed by atoms with Gasteiger partial charge in [0, 0.05) is 22.5 Å². The van der Waals surface area contributed by atoms with Crippen LogP contribution in [0.25, 0.3) is 28.2 Å². The second-order valence-electron chi connectivity index (χ2n) is 7.62. The van der Waals surface area contributed by atoms with Crippen molar-refractivity contribution in [3.8, 4) is 34.0 Å². The molecule has 5 aromatic rings. The van der Waals surface area contributed by atoms with Crippen molar-refractivity contribution in [2.24, 2.45) is 4.99 Å². The molecule has 1 heterocycles. The molecule has 0 unspecified atom stereocenters. The van der Waals surface area contributed by atoms with Crippen molar-refractivity contribution in [1.82, 2.24) is 4.57 Å². The fraction of sp³-hybridized carbons (Fsp3) is 0. The zero-order valence-electron chi connectivity index (χ0n) is 17.8. The van der Waals surface area contributed by atoms with Gasteiger partial charge in [0.2, 0.25) is 0 Å². The predicted molar refractivity (Wildman–Crippen MR) is 137 cm³/mol. The summed E-state index contributed by atoms with van der Waals surface area (Å²) in [5.74, 6) is 0.149. The number of halogens is 1. The first-order valence-electron chi connectivity index (χ1n) is 10.7. The molecule has 0 aliphatic rings. The van der Waals surface area contributed by atoms with E-state index in [-0.39, 0.29) is 5.75 Å². The quantitative estimate of drug-likeness (QED) is 0.272. The van der Waals surface area contributed by atoms with Crippen LogP contribution in [0.5, 0.6) is 5.75 Å². The molecule has 0 saturated heterocycles. The van der Waals surface area contributed by atoms with Crippen LogP contribution in [0.15, 0.2) is 120 Å². The molecule has 0 radical (unpaired) electrons. The van der Waals surface area contributed by atoms with Gasteiger partial charge in [-0.1, -0.05) is 84.4 Å². The molecule has 1 N–H and O–H groups in total. The first-order chi connectivity index (χ1) is 16.2. The lowest BCUT2D eigenvalue weighted by molar-refractivity contribution is 0.477. The topological polar surface area (TPSA) is 37.5 Å². The third kappa shape index (κ3) is 4.32. The van der Waals surface area contributed by atoms with E-state index in [2.05, 4.69) is 39.9 Å². The summed E-state index contributed by atoms with van der Waals surface area (Å²) in [6, 6.07) is 37.6. The average molecular weight is 449 g/mol. The summed E-state index contributed by atoms with van der Waals surface area (Å²) >= 11 is 6.20. The Hall–Kier alpha value is -4.08. The van der Waals surface area contributed by atoms with E-state index in [1.165, 1.54) is 0 Å². The molecule has 4 heteroatoms. The molecule has 160 valence electrons. The number of hydrogen-bond acceptors (Lipinski definition) is 2. The van der Waals surface area contributed by atoms with Gasteiger partial charge in [0.05, 0.1) is 11.4 Å². The van der Waals surface area contributed by atoms with Crippen molar-refractivity contribution in [3.63, 3.8) is 0 Å². The lowest BCUT2D eigenvalue weighted by Crippen LogP contribution is -2.00. The summed E-state index contributed by atoms with van der Waals surface area (Å²) in [5.41, 5.74) is 6.67. The van der Waals surface area contributed by atoms with Crippen molar-refractivity contribution in [3.05, 3.63) is 126 Å². The van der Waals surface area contributed by atoms with Gasteiger partial charge in [0.25, 0.3) is 0 Å². The van der Waals surface area contributed by atoms with E-state index < -0.39 is 0 Å². The van der Waals surface area contributed by atoms with Crippen LogP contribution in [0, 0.1) is 0 Å². The maximum atomic E-state index is 10.2. The third-order valence-corrected chi connectivity index (χ3v) is 5.71. The lowest BCUT2D eigenvalue weighted by atomic mass is 10.1. The third-order valence-electron chi connectivity index (χ3n) is 5.46. The Balaban J connectivity index is 1.78. The standard InChI is InChI=1S/C29H21ClN2O/c30-24-15-17-25(18-16-24)32-27(21-9-3-1-4-10-21)19-23(29(32)22-11-5-2-6-12-22)20-31-26-13-7-8-14-28(26)33/h1-20,33H. The molecule has 0 fully saturated rings. The van der Waals surface area contributed by atoms with E-state index in [0.717, 1.165) is 33.8 Å². The van der Waals surface area contributed by atoms with Crippen molar-refractivity contribution in [2.45, 2.75) is 0 Å². The number of nitrogens with zero attached hydrogens (tertiary/aromatic N) is 2. The van der Waals surface area contributed by atoms with Crippen LogP contribution >= 0.6 is 11.6 Å². The Morgan fingerprint density at radius 2 is 1.30 bits per heavy atom. The Morgan fingerprint density at radius 1 is 0.697 bits per heavy atom. The Morgan fingerprint density at radius 3 is 1.97 bits per heavy atom. The van der Waals surface area contributed by atoms with Gasteiger partial charge in [-0.25, -0.2) is 0 Å². The van der Waals surface area contributed by atoms with Crippen LogP contribution in [0.3, 0.4) is 0 Å². The smallest absolute Gasteiger partial charge is 0.141 e. The SMILES string of the molecule is Oc1ccccc1N=Cc1cc(-c2ccccc2)n(-c2ccc(Cl)cc2)c1-c1ccccc1. The summed E-state index contributed by atoms with van der Waals surface area (Å²) < 4.78 is 2.23. The molecule has 0 saturated carbocycles. The molecule has 4 aromatic carbocycles. The van der Waals surface area contributed by atoms with Gasteiger partial charge in [-0.2, -0.15) is 0 Å². The van der Waals surface area contributed by atoms with E-state index in [1.54, 1.807) is 18.2 Å². The molecule has 1 aromatic heterocycles. The van der Waals surface area contributed by atoms with E-state index in [9.17, 15) is 5.11 Å². The second kappa shape index (κ2) is 9.19. The first kappa shape index (κ1) is 20.8. The summed E-state index contributed by atoms with van der Waals surface area (Å²) in [7, 11) is 0. The highest BCUT2D eigenvalue weighted by Crippen LogP contribution is 2.36. The Labute approximate surface area is 197 Å². The van der Waals surface area contributed by atoms with Crippen LogP contribution in [-0.2, 0) is 0 Å². The zero-order chi connectivity index (χ0) is 22.6. The van der Waals surface area contributed by atoms with Crippen LogP contribution in [0.2, 0.25) is 5.02 Å². The number of aliphatic imine (C=N–C) groups is 1. The normalized spacial score (nSPS) is 11.2. The maximum Gasteiger partial charge on any atom is 0.141 e. The number of aromatic nitrogens is 1. The number of aromatic hydroxyl groups is 1. The molecule has 0 aliphatic carbocycles. The minimum Gasteiger partial charge on any atom is -0.506 e. The Bertz CT molecular complexity index is 1410. The van der Waals surface area contributed by atoms with Crippen LogP contribution < -0.4 is 0 Å². The van der Waals surface area contributed by atoms with E-state index >= 15 is 0 Å². The van der Waals surface area contributed by atoms with Gasteiger partial charge in [-0.05, 0) is 53.6 Å². The predicted octanol–water partition coefficient (Wildman–Crippen LogP) is 7.92. The fourth-order valence-electron chi connectivity index (χ4n) is 3.91. The van der Waals surface area contributed by atoms with Gasteiger partial charge in [0.15, 0.2) is 0 Å². The maximum absolute atomic E-state index is 10.2. The number of benzene rings is 4. The number of phenols is 1. The van der Waals surface area contributed by atoms with Crippen molar-refractivity contribution >= 4 is 23.5 Å². The highest BCUT2D eigenvalue weighted by Gasteiger charge is 2.18. The highest BCUT2D eigenvalue weighted by atomic mass is 35.5. The lowest BCUT2D eigenvalue weighted by Gasteiger charge is -2.15. The van der Waals surface area contributed by atoms with Gasteiger partial charge >= 0.3 is 0 Å². The molecule has 0 atom stereocenters. The van der Waals surface area contributed by atoms with Gasteiger partial charge in [0.1, 0.15) is 11.4 Å². The van der Waals surface area contributed by atoms with E-state index in [0.29, 0.717) is 10.7 Å².